The molecule has 5 nitrogen and oxygen atoms in total. The lowest BCUT2D eigenvalue weighted by Gasteiger charge is -2.32. The summed E-state index contributed by atoms with van der Waals surface area (Å²) in [5.41, 5.74) is 2.24. The van der Waals surface area contributed by atoms with E-state index < -0.39 is 12.0 Å². The minimum absolute atomic E-state index is 0.491. The van der Waals surface area contributed by atoms with Crippen LogP contribution in [0.1, 0.15) is 18.1 Å². The van der Waals surface area contributed by atoms with E-state index >= 15 is 0 Å². The molecule has 0 spiro atoms. The van der Waals surface area contributed by atoms with E-state index in [4.69, 9.17) is 14.6 Å². The van der Waals surface area contributed by atoms with E-state index in [9.17, 15) is 4.79 Å². The Kier molecular flexibility index (Phi) is 4.55. The molecule has 1 aliphatic rings. The molecule has 1 N–H and O–H groups in total. The Morgan fingerprint density at radius 3 is 2.70 bits per heavy atom. The standard InChI is InChI=1S/C14H18BrNO4/c1-8(14(17)18)16-5-4-10-9(7-16)6-11(19-2)13(20-3)12(10)15/h6,8H,4-5,7H2,1-3H3,(H,17,18). The number of methoxy groups -OCH3 is 2. The average Bonchev–Trinajstić information content (AvgIpc) is 2.45. The van der Waals surface area contributed by atoms with E-state index in [1.54, 1.807) is 21.1 Å². The number of hydrogen-bond donors (Lipinski definition) is 1. The van der Waals surface area contributed by atoms with E-state index in [-0.39, 0.29) is 0 Å². The van der Waals surface area contributed by atoms with Crippen molar-refractivity contribution >= 4 is 21.9 Å². The summed E-state index contributed by atoms with van der Waals surface area (Å²) in [6, 6.07) is 1.44. The third kappa shape index (κ3) is 2.62. The van der Waals surface area contributed by atoms with Gasteiger partial charge in [0.2, 0.25) is 0 Å². The molecule has 0 aromatic heterocycles. The number of halogens is 1. The molecule has 0 amide bonds. The van der Waals surface area contributed by atoms with Crippen LogP contribution in [-0.4, -0.2) is 42.8 Å². The Morgan fingerprint density at radius 1 is 1.45 bits per heavy atom. The van der Waals surface area contributed by atoms with Crippen molar-refractivity contribution in [2.45, 2.75) is 25.9 Å². The lowest BCUT2D eigenvalue weighted by molar-refractivity contribution is -0.143. The van der Waals surface area contributed by atoms with Gasteiger partial charge in [-0.2, -0.15) is 0 Å². The second kappa shape index (κ2) is 6.01. The van der Waals surface area contributed by atoms with Crippen molar-refractivity contribution in [1.29, 1.82) is 0 Å². The van der Waals surface area contributed by atoms with Gasteiger partial charge in [-0.25, -0.2) is 0 Å². The van der Waals surface area contributed by atoms with Crippen molar-refractivity contribution in [2.75, 3.05) is 20.8 Å². The summed E-state index contributed by atoms with van der Waals surface area (Å²) in [4.78, 5) is 13.1. The van der Waals surface area contributed by atoms with Gasteiger partial charge in [-0.1, -0.05) is 0 Å². The Balaban J connectivity index is 2.37. The van der Waals surface area contributed by atoms with Crippen LogP contribution in [0.15, 0.2) is 10.5 Å². The zero-order valence-corrected chi connectivity index (χ0v) is 13.4. The van der Waals surface area contributed by atoms with Crippen molar-refractivity contribution in [2.24, 2.45) is 0 Å². The van der Waals surface area contributed by atoms with Crippen molar-refractivity contribution < 1.29 is 19.4 Å². The molecule has 0 fully saturated rings. The van der Waals surface area contributed by atoms with E-state index in [0.717, 1.165) is 22.0 Å². The van der Waals surface area contributed by atoms with Crippen LogP contribution in [-0.2, 0) is 17.8 Å². The third-order valence-electron chi connectivity index (χ3n) is 3.73. The maximum Gasteiger partial charge on any atom is 0.320 e. The van der Waals surface area contributed by atoms with E-state index in [0.29, 0.717) is 24.6 Å². The number of benzene rings is 1. The fourth-order valence-electron chi connectivity index (χ4n) is 2.49. The topological polar surface area (TPSA) is 59.0 Å². The fourth-order valence-corrected chi connectivity index (χ4v) is 3.30. The van der Waals surface area contributed by atoms with Gasteiger partial charge in [0, 0.05) is 13.1 Å². The predicted octanol–water partition coefficient (Wildman–Crippen LogP) is 2.30. The molecule has 1 unspecified atom stereocenters. The molecule has 0 radical (unpaired) electrons. The van der Waals surface area contributed by atoms with Crippen molar-refractivity contribution in [3.63, 3.8) is 0 Å². The minimum Gasteiger partial charge on any atom is -0.493 e. The Bertz CT molecular complexity index is 532. The first kappa shape index (κ1) is 15.1. The first-order valence-electron chi connectivity index (χ1n) is 6.38. The number of fused-ring (bicyclic) bond motifs is 1. The van der Waals surface area contributed by atoms with Crippen molar-refractivity contribution in [3.05, 3.63) is 21.7 Å². The molecule has 2 rings (SSSR count). The molecule has 6 heteroatoms. The molecule has 1 aliphatic heterocycles. The number of carboxylic acids is 1. The van der Waals surface area contributed by atoms with E-state index in [1.807, 2.05) is 11.0 Å². The first-order chi connectivity index (χ1) is 9.49. The van der Waals surface area contributed by atoms with Gasteiger partial charge in [-0.05, 0) is 46.5 Å². The highest BCUT2D eigenvalue weighted by atomic mass is 79.9. The summed E-state index contributed by atoms with van der Waals surface area (Å²) >= 11 is 3.56. The summed E-state index contributed by atoms with van der Waals surface area (Å²) < 4.78 is 11.6. The molecule has 20 heavy (non-hydrogen) atoms. The summed E-state index contributed by atoms with van der Waals surface area (Å²) in [6.45, 7) is 3.03. The smallest absolute Gasteiger partial charge is 0.320 e. The second-order valence-corrected chi connectivity index (χ2v) is 5.59. The second-order valence-electron chi connectivity index (χ2n) is 4.80. The number of carboxylic acid groups (broad SMARTS) is 1. The molecule has 1 atom stereocenters. The van der Waals surface area contributed by atoms with Gasteiger partial charge in [-0.3, -0.25) is 9.69 Å². The number of nitrogens with zero attached hydrogens (tertiary/aromatic N) is 1. The summed E-state index contributed by atoms with van der Waals surface area (Å²) in [7, 11) is 3.20. The molecule has 1 aromatic rings. The van der Waals surface area contributed by atoms with Crippen LogP contribution in [0.25, 0.3) is 0 Å². The lowest BCUT2D eigenvalue weighted by Crippen LogP contribution is -2.42. The van der Waals surface area contributed by atoms with Gasteiger partial charge in [0.25, 0.3) is 0 Å². The van der Waals surface area contributed by atoms with Gasteiger partial charge >= 0.3 is 5.97 Å². The normalized spacial score (nSPS) is 16.4. The van der Waals surface area contributed by atoms with Crippen LogP contribution in [0.4, 0.5) is 0 Å². The van der Waals surface area contributed by atoms with Crippen LogP contribution in [0.3, 0.4) is 0 Å². The summed E-state index contributed by atoms with van der Waals surface area (Å²) in [5.74, 6) is 0.543. The molecule has 0 saturated heterocycles. The molecule has 1 aromatic carbocycles. The zero-order valence-electron chi connectivity index (χ0n) is 11.8. The monoisotopic (exact) mass is 343 g/mol. The Morgan fingerprint density at radius 2 is 2.15 bits per heavy atom. The number of rotatable bonds is 4. The van der Waals surface area contributed by atoms with Gasteiger partial charge in [0.1, 0.15) is 6.04 Å². The summed E-state index contributed by atoms with van der Waals surface area (Å²) in [5, 5.41) is 9.12. The number of aliphatic carboxylic acids is 1. The molecule has 1 heterocycles. The highest BCUT2D eigenvalue weighted by molar-refractivity contribution is 9.10. The number of hydrogen-bond acceptors (Lipinski definition) is 4. The average molecular weight is 344 g/mol. The minimum atomic E-state index is -0.798. The van der Waals surface area contributed by atoms with Crippen LogP contribution in [0.2, 0.25) is 0 Å². The van der Waals surface area contributed by atoms with E-state index in [2.05, 4.69) is 15.9 Å². The zero-order chi connectivity index (χ0) is 14.9. The maximum absolute atomic E-state index is 11.1. The number of ether oxygens (including phenoxy) is 2. The fraction of sp³-hybridized carbons (Fsp3) is 0.500. The molecule has 0 bridgehead atoms. The highest BCUT2D eigenvalue weighted by Crippen LogP contribution is 2.41. The summed E-state index contributed by atoms with van der Waals surface area (Å²) in [6.07, 6.45) is 0.786. The third-order valence-corrected chi connectivity index (χ3v) is 4.57. The number of carbonyl (C=O) groups is 1. The van der Waals surface area contributed by atoms with Gasteiger partial charge in [0.05, 0.1) is 18.7 Å². The van der Waals surface area contributed by atoms with Crippen molar-refractivity contribution in [1.82, 2.24) is 4.90 Å². The van der Waals surface area contributed by atoms with Gasteiger partial charge < -0.3 is 14.6 Å². The van der Waals surface area contributed by atoms with Crippen molar-refractivity contribution in [3.8, 4) is 11.5 Å². The van der Waals surface area contributed by atoms with Gasteiger partial charge in [0.15, 0.2) is 11.5 Å². The van der Waals surface area contributed by atoms with Crippen LogP contribution >= 0.6 is 15.9 Å². The highest BCUT2D eigenvalue weighted by Gasteiger charge is 2.28. The molecular weight excluding hydrogens is 326 g/mol. The van der Waals surface area contributed by atoms with Crippen LogP contribution < -0.4 is 9.47 Å². The SMILES string of the molecule is COc1cc2c(c(Br)c1OC)CCN(C(C)C(=O)O)C2. The molecule has 0 saturated carbocycles. The van der Waals surface area contributed by atoms with Crippen LogP contribution in [0, 0.1) is 0 Å². The Hall–Kier alpha value is -1.27. The Labute approximate surface area is 126 Å². The largest absolute Gasteiger partial charge is 0.493 e. The quantitative estimate of drug-likeness (QED) is 0.908. The first-order valence-corrected chi connectivity index (χ1v) is 7.18. The molecular formula is C14H18BrNO4. The molecule has 0 aliphatic carbocycles. The predicted molar refractivity (Wildman–Crippen MR) is 78.5 cm³/mol. The maximum atomic E-state index is 11.1. The molecule has 110 valence electrons. The van der Waals surface area contributed by atoms with Crippen LogP contribution in [0.5, 0.6) is 11.5 Å². The van der Waals surface area contributed by atoms with Gasteiger partial charge in [-0.15, -0.1) is 0 Å². The van der Waals surface area contributed by atoms with E-state index in [1.165, 1.54) is 0 Å². The lowest BCUT2D eigenvalue weighted by atomic mass is 9.97.